The van der Waals surface area contributed by atoms with Crippen LogP contribution in [0.1, 0.15) is 40.2 Å². The van der Waals surface area contributed by atoms with Gasteiger partial charge in [-0.05, 0) is 24.1 Å². The van der Waals surface area contributed by atoms with E-state index < -0.39 is 0 Å². The summed E-state index contributed by atoms with van der Waals surface area (Å²) in [6.07, 6.45) is 0.889. The van der Waals surface area contributed by atoms with Gasteiger partial charge in [0.05, 0.1) is 5.02 Å². The monoisotopic (exact) mass is 218 g/mol. The molecule has 0 aromatic heterocycles. The van der Waals surface area contributed by atoms with E-state index in [0.717, 1.165) is 12.0 Å². The van der Waals surface area contributed by atoms with E-state index in [-0.39, 0.29) is 10.8 Å². The zero-order valence-corrected chi connectivity index (χ0v) is 10.5. The summed E-state index contributed by atoms with van der Waals surface area (Å²) in [4.78, 5) is 0. The predicted octanol–water partition coefficient (Wildman–Crippen LogP) is 5.09. The molecule has 1 aromatic rings. The van der Waals surface area contributed by atoms with Crippen LogP contribution in [0.25, 0.3) is 0 Å². The van der Waals surface area contributed by atoms with Crippen molar-refractivity contribution in [2.24, 2.45) is 0 Å². The third-order valence-corrected chi connectivity index (χ3v) is 1.68. The number of rotatable bonds is 1. The van der Waals surface area contributed by atoms with Crippen molar-refractivity contribution in [1.82, 2.24) is 0 Å². The summed E-state index contributed by atoms with van der Waals surface area (Å²) >= 11 is 5.52. The Hall–Kier alpha value is -0.560. The second kappa shape index (κ2) is 10.5. The molecule has 0 fully saturated rings. The van der Waals surface area contributed by atoms with Crippen LogP contribution in [0, 0.1) is 5.82 Å². The van der Waals surface area contributed by atoms with Crippen molar-refractivity contribution in [2.45, 2.75) is 41.0 Å². The standard InChI is InChI=1S/C8H8ClF.2C2H6/c1-2-6-3-4-8(10)7(9)5-6;2*1-2/h3-5H,2H2,1H3;2*1-2H3. The van der Waals surface area contributed by atoms with Gasteiger partial charge >= 0.3 is 0 Å². The molecule has 0 aliphatic rings. The van der Waals surface area contributed by atoms with E-state index in [1.54, 1.807) is 12.1 Å². The Kier molecular flexibility index (Phi) is 11.9. The van der Waals surface area contributed by atoms with Gasteiger partial charge in [0, 0.05) is 0 Å². The van der Waals surface area contributed by atoms with Crippen LogP contribution in [0.15, 0.2) is 18.2 Å². The molecule has 0 saturated carbocycles. The van der Waals surface area contributed by atoms with Crippen LogP contribution in [-0.4, -0.2) is 0 Å². The molecule has 0 spiro atoms. The number of benzene rings is 1. The van der Waals surface area contributed by atoms with Gasteiger partial charge in [-0.25, -0.2) is 4.39 Å². The Morgan fingerprint density at radius 2 is 1.64 bits per heavy atom. The maximum Gasteiger partial charge on any atom is 0.141 e. The topological polar surface area (TPSA) is 0 Å². The van der Waals surface area contributed by atoms with Gasteiger partial charge in [0.25, 0.3) is 0 Å². The van der Waals surface area contributed by atoms with Crippen molar-refractivity contribution >= 4 is 11.6 Å². The first-order valence-corrected chi connectivity index (χ1v) is 5.55. The summed E-state index contributed by atoms with van der Waals surface area (Å²) in [6.45, 7) is 10.0. The Labute approximate surface area is 92.1 Å². The molecule has 0 saturated heterocycles. The Morgan fingerprint density at radius 1 is 1.14 bits per heavy atom. The van der Waals surface area contributed by atoms with E-state index in [4.69, 9.17) is 11.6 Å². The first-order valence-electron chi connectivity index (χ1n) is 5.18. The maximum atomic E-state index is 12.5. The van der Waals surface area contributed by atoms with E-state index in [9.17, 15) is 4.39 Å². The highest BCUT2D eigenvalue weighted by Gasteiger charge is 1.97. The smallest absolute Gasteiger partial charge is 0.141 e. The van der Waals surface area contributed by atoms with E-state index in [1.807, 2.05) is 34.6 Å². The average Bonchev–Trinajstić information content (AvgIpc) is 2.28. The van der Waals surface area contributed by atoms with Gasteiger partial charge in [-0.3, -0.25) is 0 Å². The normalized spacial score (nSPS) is 7.93. The highest BCUT2D eigenvalue weighted by atomic mass is 35.5. The fourth-order valence-electron chi connectivity index (χ4n) is 0.760. The highest BCUT2D eigenvalue weighted by molar-refractivity contribution is 6.30. The summed E-state index contributed by atoms with van der Waals surface area (Å²) < 4.78 is 12.5. The minimum absolute atomic E-state index is 0.208. The molecule has 0 bridgehead atoms. The van der Waals surface area contributed by atoms with Gasteiger partial charge < -0.3 is 0 Å². The lowest BCUT2D eigenvalue weighted by molar-refractivity contribution is 0.627. The third kappa shape index (κ3) is 5.98. The van der Waals surface area contributed by atoms with Crippen molar-refractivity contribution in [2.75, 3.05) is 0 Å². The first-order chi connectivity index (χ1) is 6.74. The molecule has 1 aromatic carbocycles. The SMILES string of the molecule is CC.CC.CCc1ccc(F)c(Cl)c1. The minimum Gasteiger partial charge on any atom is -0.205 e. The zero-order chi connectivity index (χ0) is 11.6. The molecule has 0 nitrogen and oxygen atoms in total. The van der Waals surface area contributed by atoms with Crippen LogP contribution in [0.5, 0.6) is 0 Å². The van der Waals surface area contributed by atoms with Gasteiger partial charge in [0.15, 0.2) is 0 Å². The lowest BCUT2D eigenvalue weighted by Gasteiger charge is -1.96. The van der Waals surface area contributed by atoms with E-state index in [2.05, 4.69) is 0 Å². The molecule has 0 radical (unpaired) electrons. The van der Waals surface area contributed by atoms with Crippen molar-refractivity contribution in [3.63, 3.8) is 0 Å². The molecule has 0 heterocycles. The molecule has 0 aliphatic carbocycles. The van der Waals surface area contributed by atoms with E-state index >= 15 is 0 Å². The summed E-state index contributed by atoms with van der Waals surface area (Å²) in [5, 5.41) is 0.208. The van der Waals surface area contributed by atoms with Crippen LogP contribution in [0.4, 0.5) is 4.39 Å². The quantitative estimate of drug-likeness (QED) is 0.616. The molecule has 14 heavy (non-hydrogen) atoms. The van der Waals surface area contributed by atoms with Crippen molar-refractivity contribution in [3.05, 3.63) is 34.6 Å². The van der Waals surface area contributed by atoms with Crippen LogP contribution in [0.2, 0.25) is 5.02 Å². The number of hydrogen-bond donors (Lipinski definition) is 0. The fourth-order valence-corrected chi connectivity index (χ4v) is 0.963. The second-order valence-electron chi connectivity index (χ2n) is 2.10. The van der Waals surface area contributed by atoms with Crippen molar-refractivity contribution < 1.29 is 4.39 Å². The largest absolute Gasteiger partial charge is 0.205 e. The van der Waals surface area contributed by atoms with Gasteiger partial charge in [-0.1, -0.05) is 52.3 Å². The van der Waals surface area contributed by atoms with E-state index in [0.29, 0.717) is 0 Å². The lowest BCUT2D eigenvalue weighted by Crippen LogP contribution is -1.81. The number of aryl methyl sites for hydroxylation is 1. The summed E-state index contributed by atoms with van der Waals surface area (Å²) in [6, 6.07) is 4.78. The first kappa shape index (κ1) is 15.9. The average molecular weight is 219 g/mol. The van der Waals surface area contributed by atoms with Gasteiger partial charge in [-0.15, -0.1) is 0 Å². The molecule has 0 unspecified atom stereocenters. The third-order valence-electron chi connectivity index (χ3n) is 1.39. The summed E-state index contributed by atoms with van der Waals surface area (Å²) in [5.41, 5.74) is 1.06. The van der Waals surface area contributed by atoms with Crippen LogP contribution in [-0.2, 0) is 6.42 Å². The Bertz CT molecular complexity index is 234. The Balaban J connectivity index is 0. The molecule has 2 heteroatoms. The highest BCUT2D eigenvalue weighted by Crippen LogP contribution is 2.15. The summed E-state index contributed by atoms with van der Waals surface area (Å²) in [7, 11) is 0. The van der Waals surface area contributed by atoms with Crippen molar-refractivity contribution in [3.8, 4) is 0 Å². The fraction of sp³-hybridized carbons (Fsp3) is 0.500. The zero-order valence-electron chi connectivity index (χ0n) is 9.70. The van der Waals surface area contributed by atoms with Crippen LogP contribution < -0.4 is 0 Å². The molecule has 1 rings (SSSR count). The maximum absolute atomic E-state index is 12.5. The molecular weight excluding hydrogens is 199 g/mol. The number of halogens is 2. The molecule has 0 atom stereocenters. The minimum atomic E-state index is -0.348. The van der Waals surface area contributed by atoms with E-state index in [1.165, 1.54) is 6.07 Å². The summed E-state index contributed by atoms with van der Waals surface area (Å²) in [5.74, 6) is -0.348. The number of hydrogen-bond acceptors (Lipinski definition) is 0. The molecular formula is C12H20ClF. The molecule has 0 amide bonds. The Morgan fingerprint density at radius 3 is 2.00 bits per heavy atom. The molecule has 0 aliphatic heterocycles. The van der Waals surface area contributed by atoms with Gasteiger partial charge in [0.1, 0.15) is 5.82 Å². The molecule has 82 valence electrons. The lowest BCUT2D eigenvalue weighted by atomic mass is 10.2. The van der Waals surface area contributed by atoms with Crippen LogP contribution in [0.3, 0.4) is 0 Å². The van der Waals surface area contributed by atoms with Crippen molar-refractivity contribution in [1.29, 1.82) is 0 Å². The van der Waals surface area contributed by atoms with Gasteiger partial charge in [-0.2, -0.15) is 0 Å². The molecule has 0 N–H and O–H groups in total. The second-order valence-corrected chi connectivity index (χ2v) is 2.51. The van der Waals surface area contributed by atoms with Crippen LogP contribution >= 0.6 is 11.6 Å². The predicted molar refractivity (Wildman–Crippen MR) is 63.5 cm³/mol. The van der Waals surface area contributed by atoms with Gasteiger partial charge in [0.2, 0.25) is 0 Å².